The molecule has 0 aliphatic carbocycles. The van der Waals surface area contributed by atoms with Crippen molar-refractivity contribution >= 4 is 12.6 Å². The van der Waals surface area contributed by atoms with E-state index < -0.39 is 7.12 Å². The van der Waals surface area contributed by atoms with Crippen LogP contribution in [0.2, 0.25) is 0 Å². The maximum Gasteiger partial charge on any atom is 0.498 e. The number of hydrogen-bond acceptors (Lipinski definition) is 3. The number of para-hydroxylation sites is 2. The summed E-state index contributed by atoms with van der Waals surface area (Å²) in [7, 11) is -0.426. The molecule has 1 aliphatic heterocycles. The van der Waals surface area contributed by atoms with Crippen LogP contribution >= 0.6 is 0 Å². The first-order chi connectivity index (χ1) is 10.4. The van der Waals surface area contributed by atoms with E-state index in [2.05, 4.69) is 0 Å². The Balaban J connectivity index is 1.90. The first-order valence-electron chi connectivity index (χ1n) is 7.56. The van der Waals surface area contributed by atoms with E-state index in [0.717, 1.165) is 17.0 Å². The van der Waals surface area contributed by atoms with Crippen LogP contribution in [0.15, 0.2) is 54.6 Å². The van der Waals surface area contributed by atoms with Gasteiger partial charge in [0.1, 0.15) is 11.5 Å². The van der Waals surface area contributed by atoms with Gasteiger partial charge in [-0.15, -0.1) is 0 Å². The molecule has 1 aliphatic rings. The fourth-order valence-electron chi connectivity index (χ4n) is 2.35. The Kier molecular flexibility index (Phi) is 3.75. The van der Waals surface area contributed by atoms with Crippen molar-refractivity contribution < 1.29 is 14.0 Å². The third kappa shape index (κ3) is 2.76. The van der Waals surface area contributed by atoms with Crippen LogP contribution in [-0.4, -0.2) is 18.3 Å². The summed E-state index contributed by atoms with van der Waals surface area (Å²) in [4.78, 5) is 0. The molecule has 0 atom stereocenters. The molecule has 0 bridgehead atoms. The van der Waals surface area contributed by atoms with E-state index in [1.807, 2.05) is 82.3 Å². The van der Waals surface area contributed by atoms with Gasteiger partial charge in [-0.2, -0.15) is 0 Å². The first-order valence-corrected chi connectivity index (χ1v) is 7.56. The highest BCUT2D eigenvalue weighted by Gasteiger charge is 2.52. The van der Waals surface area contributed by atoms with Gasteiger partial charge in [-0.25, -0.2) is 0 Å². The molecule has 1 heterocycles. The molecule has 1 saturated heterocycles. The molecule has 3 rings (SSSR count). The van der Waals surface area contributed by atoms with Crippen LogP contribution in [0.3, 0.4) is 0 Å². The zero-order valence-corrected chi connectivity index (χ0v) is 13.5. The largest absolute Gasteiger partial charge is 0.498 e. The predicted molar refractivity (Wildman–Crippen MR) is 88.7 cm³/mol. The van der Waals surface area contributed by atoms with Crippen LogP contribution in [0.1, 0.15) is 27.7 Å². The second-order valence-corrected chi connectivity index (χ2v) is 6.54. The van der Waals surface area contributed by atoms with E-state index in [0.29, 0.717) is 0 Å². The monoisotopic (exact) mass is 296 g/mol. The molecule has 0 spiro atoms. The molecule has 0 N–H and O–H groups in total. The van der Waals surface area contributed by atoms with Gasteiger partial charge >= 0.3 is 7.12 Å². The summed E-state index contributed by atoms with van der Waals surface area (Å²) < 4.78 is 18.3. The molecule has 3 nitrogen and oxygen atoms in total. The van der Waals surface area contributed by atoms with Gasteiger partial charge in [0.15, 0.2) is 0 Å². The van der Waals surface area contributed by atoms with Gasteiger partial charge in [0, 0.05) is 5.46 Å². The molecule has 4 heteroatoms. The van der Waals surface area contributed by atoms with Crippen LogP contribution < -0.4 is 10.2 Å². The summed E-state index contributed by atoms with van der Waals surface area (Å²) in [6, 6.07) is 17.6. The Morgan fingerprint density at radius 2 is 1.32 bits per heavy atom. The van der Waals surface area contributed by atoms with E-state index in [9.17, 15) is 0 Å². The maximum atomic E-state index is 6.13. The van der Waals surface area contributed by atoms with E-state index in [1.54, 1.807) is 0 Å². The standard InChI is InChI=1S/C18H21BO3/c1-17(2)18(3,4)22-19(21-17)15-12-8-9-13-16(15)20-14-10-6-5-7-11-14/h5-13H,1-4H3. The van der Waals surface area contributed by atoms with Gasteiger partial charge in [0.25, 0.3) is 0 Å². The predicted octanol–water partition coefficient (Wildman–Crippen LogP) is 3.78. The Morgan fingerprint density at radius 1 is 0.773 bits per heavy atom. The molecule has 0 amide bonds. The van der Waals surface area contributed by atoms with Gasteiger partial charge in [-0.1, -0.05) is 36.4 Å². The van der Waals surface area contributed by atoms with Gasteiger partial charge in [-0.05, 0) is 45.9 Å². The number of rotatable bonds is 3. The van der Waals surface area contributed by atoms with Gasteiger partial charge in [0.05, 0.1) is 11.2 Å². The van der Waals surface area contributed by atoms with Crippen molar-refractivity contribution in [3.05, 3.63) is 54.6 Å². The topological polar surface area (TPSA) is 27.7 Å². The highest BCUT2D eigenvalue weighted by molar-refractivity contribution is 6.63. The Bertz CT molecular complexity index is 636. The Morgan fingerprint density at radius 3 is 1.95 bits per heavy atom. The summed E-state index contributed by atoms with van der Waals surface area (Å²) in [6.07, 6.45) is 0. The average molecular weight is 296 g/mol. The number of ether oxygens (including phenoxy) is 1. The molecular weight excluding hydrogens is 275 g/mol. The fourth-order valence-corrected chi connectivity index (χ4v) is 2.35. The smallest absolute Gasteiger partial charge is 0.458 e. The lowest BCUT2D eigenvalue weighted by Gasteiger charge is -2.32. The van der Waals surface area contributed by atoms with Gasteiger partial charge in [0.2, 0.25) is 0 Å². The van der Waals surface area contributed by atoms with Crippen molar-refractivity contribution in [2.75, 3.05) is 0 Å². The van der Waals surface area contributed by atoms with Crippen molar-refractivity contribution in [3.8, 4) is 11.5 Å². The minimum atomic E-state index is -0.426. The molecule has 0 saturated carbocycles. The van der Waals surface area contributed by atoms with Gasteiger partial charge < -0.3 is 14.0 Å². The molecule has 0 radical (unpaired) electrons. The minimum absolute atomic E-state index is 0.364. The third-order valence-electron chi connectivity index (χ3n) is 4.40. The Labute approximate surface area is 132 Å². The normalized spacial score (nSPS) is 19.2. The van der Waals surface area contributed by atoms with Crippen molar-refractivity contribution in [3.63, 3.8) is 0 Å². The van der Waals surface area contributed by atoms with Crippen molar-refractivity contribution in [2.24, 2.45) is 0 Å². The van der Waals surface area contributed by atoms with E-state index in [4.69, 9.17) is 14.0 Å². The highest BCUT2D eigenvalue weighted by Crippen LogP contribution is 2.37. The first kappa shape index (κ1) is 15.1. The summed E-state index contributed by atoms with van der Waals surface area (Å²) in [5.41, 5.74) is 0.180. The minimum Gasteiger partial charge on any atom is -0.458 e. The fraction of sp³-hybridized carbons (Fsp3) is 0.333. The zero-order valence-electron chi connectivity index (χ0n) is 13.5. The molecule has 0 unspecified atom stereocenters. The summed E-state index contributed by atoms with van der Waals surface area (Å²) in [5, 5.41) is 0. The summed E-state index contributed by atoms with van der Waals surface area (Å²) in [5.74, 6) is 1.55. The molecule has 114 valence electrons. The zero-order chi connectivity index (χ0) is 15.8. The van der Waals surface area contributed by atoms with Gasteiger partial charge in [-0.3, -0.25) is 0 Å². The number of hydrogen-bond donors (Lipinski definition) is 0. The highest BCUT2D eigenvalue weighted by atomic mass is 16.7. The summed E-state index contributed by atoms with van der Waals surface area (Å²) in [6.45, 7) is 8.20. The second-order valence-electron chi connectivity index (χ2n) is 6.54. The van der Waals surface area contributed by atoms with Crippen LogP contribution in [-0.2, 0) is 9.31 Å². The van der Waals surface area contributed by atoms with Crippen molar-refractivity contribution in [2.45, 2.75) is 38.9 Å². The molecule has 2 aromatic rings. The maximum absolute atomic E-state index is 6.13. The second kappa shape index (κ2) is 5.45. The molecule has 0 aromatic heterocycles. The van der Waals surface area contributed by atoms with Crippen LogP contribution in [0.25, 0.3) is 0 Å². The van der Waals surface area contributed by atoms with E-state index in [1.165, 1.54) is 0 Å². The lowest BCUT2D eigenvalue weighted by Crippen LogP contribution is -2.41. The van der Waals surface area contributed by atoms with E-state index in [-0.39, 0.29) is 11.2 Å². The lowest BCUT2D eigenvalue weighted by molar-refractivity contribution is 0.00578. The van der Waals surface area contributed by atoms with E-state index >= 15 is 0 Å². The number of benzene rings is 2. The molecular formula is C18H21BO3. The van der Waals surface area contributed by atoms with Crippen LogP contribution in [0, 0.1) is 0 Å². The molecule has 2 aromatic carbocycles. The quantitative estimate of drug-likeness (QED) is 0.807. The Hall–Kier alpha value is -1.78. The van der Waals surface area contributed by atoms with Crippen molar-refractivity contribution in [1.82, 2.24) is 0 Å². The van der Waals surface area contributed by atoms with Crippen LogP contribution in [0.5, 0.6) is 11.5 Å². The molecule has 22 heavy (non-hydrogen) atoms. The third-order valence-corrected chi connectivity index (χ3v) is 4.40. The summed E-state index contributed by atoms with van der Waals surface area (Å²) >= 11 is 0. The molecule has 1 fully saturated rings. The lowest BCUT2D eigenvalue weighted by atomic mass is 9.78. The van der Waals surface area contributed by atoms with Crippen LogP contribution in [0.4, 0.5) is 0 Å². The SMILES string of the molecule is CC1(C)OB(c2ccccc2Oc2ccccc2)OC1(C)C. The average Bonchev–Trinajstić information content (AvgIpc) is 2.69. The van der Waals surface area contributed by atoms with Crippen molar-refractivity contribution in [1.29, 1.82) is 0 Å².